The molecule has 2 atom stereocenters. The highest BCUT2D eigenvalue weighted by atomic mass is 16.5. The highest BCUT2D eigenvalue weighted by Gasteiger charge is 2.43. The number of pyridine rings is 1. The standard InChI is InChI=1S/C23H29N3O4/c27-17-23(14-18-4-2-1-3-5-18)16-26(9-8-20(23)28)22(29)19-6-7-21(24-15-19)25-10-12-30-13-11-25/h1-7,15,20,27-28H,8-14,16-17H2/t20-,23+/m1/s1. The minimum Gasteiger partial charge on any atom is -0.396 e. The number of hydrogen-bond donors (Lipinski definition) is 2. The first-order chi connectivity index (χ1) is 14.6. The van der Waals surface area contributed by atoms with Gasteiger partial charge < -0.3 is 24.7 Å². The molecule has 3 heterocycles. The van der Waals surface area contributed by atoms with Gasteiger partial charge in [-0.05, 0) is 30.5 Å². The summed E-state index contributed by atoms with van der Waals surface area (Å²) in [4.78, 5) is 21.5. The third kappa shape index (κ3) is 4.33. The summed E-state index contributed by atoms with van der Waals surface area (Å²) >= 11 is 0. The first-order valence-electron chi connectivity index (χ1n) is 10.5. The van der Waals surface area contributed by atoms with Crippen LogP contribution in [0.3, 0.4) is 0 Å². The van der Waals surface area contributed by atoms with Crippen molar-refractivity contribution in [2.75, 3.05) is 50.9 Å². The molecule has 30 heavy (non-hydrogen) atoms. The molecule has 0 unspecified atom stereocenters. The van der Waals surface area contributed by atoms with Gasteiger partial charge in [-0.1, -0.05) is 30.3 Å². The molecule has 1 aromatic carbocycles. The van der Waals surface area contributed by atoms with Crippen LogP contribution in [0.1, 0.15) is 22.3 Å². The monoisotopic (exact) mass is 411 g/mol. The molecular formula is C23H29N3O4. The number of morpholine rings is 1. The number of piperidine rings is 1. The maximum Gasteiger partial charge on any atom is 0.255 e. The van der Waals surface area contributed by atoms with Crippen molar-refractivity contribution in [2.24, 2.45) is 5.41 Å². The van der Waals surface area contributed by atoms with E-state index in [0.717, 1.165) is 24.5 Å². The molecule has 2 N–H and O–H groups in total. The van der Waals surface area contributed by atoms with Gasteiger partial charge in [-0.3, -0.25) is 4.79 Å². The lowest BCUT2D eigenvalue weighted by Gasteiger charge is -2.45. The lowest BCUT2D eigenvalue weighted by atomic mass is 9.73. The minimum absolute atomic E-state index is 0.117. The second-order valence-corrected chi connectivity index (χ2v) is 8.22. The molecule has 4 rings (SSSR count). The molecule has 0 bridgehead atoms. The van der Waals surface area contributed by atoms with Gasteiger partial charge in [0.15, 0.2) is 0 Å². The minimum atomic E-state index is -0.767. The molecule has 160 valence electrons. The average molecular weight is 412 g/mol. The number of anilines is 1. The van der Waals surface area contributed by atoms with Gasteiger partial charge in [-0.2, -0.15) is 0 Å². The summed E-state index contributed by atoms with van der Waals surface area (Å²) in [5.74, 6) is 0.728. The molecule has 1 amide bonds. The Labute approximate surface area is 176 Å². The third-order valence-electron chi connectivity index (χ3n) is 6.22. The summed E-state index contributed by atoms with van der Waals surface area (Å²) in [6.07, 6.45) is 1.92. The first kappa shape index (κ1) is 20.8. The number of rotatable bonds is 5. The van der Waals surface area contributed by atoms with Crippen molar-refractivity contribution < 1.29 is 19.7 Å². The van der Waals surface area contributed by atoms with Crippen LogP contribution in [-0.4, -0.2) is 78.1 Å². The first-order valence-corrected chi connectivity index (χ1v) is 10.5. The lowest BCUT2D eigenvalue weighted by molar-refractivity contribution is -0.0668. The third-order valence-corrected chi connectivity index (χ3v) is 6.22. The van der Waals surface area contributed by atoms with Crippen LogP contribution < -0.4 is 4.90 Å². The topological polar surface area (TPSA) is 86.1 Å². The number of likely N-dealkylation sites (tertiary alicyclic amines) is 1. The van der Waals surface area contributed by atoms with Crippen molar-refractivity contribution in [1.29, 1.82) is 0 Å². The second-order valence-electron chi connectivity index (χ2n) is 8.22. The van der Waals surface area contributed by atoms with Crippen molar-refractivity contribution in [2.45, 2.75) is 18.9 Å². The zero-order chi connectivity index (χ0) is 21.0. The fourth-order valence-corrected chi connectivity index (χ4v) is 4.38. The molecule has 7 nitrogen and oxygen atoms in total. The molecule has 2 saturated heterocycles. The Morgan fingerprint density at radius 2 is 1.90 bits per heavy atom. The normalized spacial score (nSPS) is 24.7. The van der Waals surface area contributed by atoms with Gasteiger partial charge in [0.1, 0.15) is 5.82 Å². The molecule has 0 aliphatic carbocycles. The highest BCUT2D eigenvalue weighted by Crippen LogP contribution is 2.34. The Kier molecular flexibility index (Phi) is 6.32. The van der Waals surface area contributed by atoms with E-state index in [0.29, 0.717) is 44.7 Å². The summed E-state index contributed by atoms with van der Waals surface area (Å²) in [6.45, 7) is 3.55. The van der Waals surface area contributed by atoms with E-state index in [9.17, 15) is 15.0 Å². The summed E-state index contributed by atoms with van der Waals surface area (Å²) in [6, 6.07) is 13.5. The van der Waals surface area contributed by atoms with E-state index in [4.69, 9.17) is 4.74 Å². The molecule has 1 aromatic heterocycles. The van der Waals surface area contributed by atoms with Gasteiger partial charge >= 0.3 is 0 Å². The molecule has 0 radical (unpaired) electrons. The van der Waals surface area contributed by atoms with Crippen LogP contribution in [0.25, 0.3) is 0 Å². The van der Waals surface area contributed by atoms with E-state index in [1.54, 1.807) is 11.1 Å². The summed E-state index contributed by atoms with van der Waals surface area (Å²) < 4.78 is 5.37. The Morgan fingerprint density at radius 1 is 1.13 bits per heavy atom. The predicted octanol–water partition coefficient (Wildman–Crippen LogP) is 1.35. The molecule has 7 heteroatoms. The van der Waals surface area contributed by atoms with E-state index in [-0.39, 0.29) is 12.5 Å². The highest BCUT2D eigenvalue weighted by molar-refractivity contribution is 5.94. The molecule has 0 spiro atoms. The van der Waals surface area contributed by atoms with Gasteiger partial charge in [0.25, 0.3) is 5.91 Å². The van der Waals surface area contributed by atoms with E-state index in [1.807, 2.05) is 42.5 Å². The van der Waals surface area contributed by atoms with Crippen LogP contribution in [0.4, 0.5) is 5.82 Å². The van der Waals surface area contributed by atoms with Crippen LogP contribution in [-0.2, 0) is 11.2 Å². The number of aliphatic hydroxyl groups excluding tert-OH is 2. The zero-order valence-electron chi connectivity index (χ0n) is 17.1. The summed E-state index contributed by atoms with van der Waals surface area (Å²) in [5.41, 5.74) is 0.794. The van der Waals surface area contributed by atoms with Crippen molar-refractivity contribution in [3.05, 3.63) is 59.8 Å². The maximum absolute atomic E-state index is 13.1. The molecule has 2 fully saturated rings. The maximum atomic E-state index is 13.1. The lowest BCUT2D eigenvalue weighted by Crippen LogP contribution is -2.56. The largest absolute Gasteiger partial charge is 0.396 e. The van der Waals surface area contributed by atoms with Gasteiger partial charge in [0, 0.05) is 37.8 Å². The Balaban J connectivity index is 1.48. The number of aliphatic hydroxyl groups is 2. The summed E-state index contributed by atoms with van der Waals surface area (Å²) in [5, 5.41) is 20.9. The quantitative estimate of drug-likeness (QED) is 0.773. The fraction of sp³-hybridized carbons (Fsp3) is 0.478. The van der Waals surface area contributed by atoms with Crippen LogP contribution in [0.2, 0.25) is 0 Å². The van der Waals surface area contributed by atoms with Crippen LogP contribution in [0, 0.1) is 5.41 Å². The van der Waals surface area contributed by atoms with Gasteiger partial charge in [0.2, 0.25) is 0 Å². The predicted molar refractivity (Wildman–Crippen MR) is 113 cm³/mol. The van der Waals surface area contributed by atoms with Gasteiger partial charge in [-0.15, -0.1) is 0 Å². The van der Waals surface area contributed by atoms with Crippen molar-refractivity contribution in [1.82, 2.24) is 9.88 Å². The van der Waals surface area contributed by atoms with Gasteiger partial charge in [0.05, 0.1) is 31.5 Å². The number of amides is 1. The molecule has 2 aromatic rings. The number of hydrogen-bond acceptors (Lipinski definition) is 6. The smallest absolute Gasteiger partial charge is 0.255 e. The number of benzene rings is 1. The molecule has 2 aliphatic rings. The van der Waals surface area contributed by atoms with Crippen molar-refractivity contribution in [3.8, 4) is 0 Å². The van der Waals surface area contributed by atoms with Crippen LogP contribution in [0.15, 0.2) is 48.7 Å². The SMILES string of the molecule is O=C(c1ccc(N2CCOCC2)nc1)N1CC[C@@H](O)[C@@](CO)(Cc2ccccc2)C1. The van der Waals surface area contributed by atoms with Gasteiger partial charge in [-0.25, -0.2) is 4.98 Å². The second kappa shape index (κ2) is 9.12. The Morgan fingerprint density at radius 3 is 2.57 bits per heavy atom. The summed E-state index contributed by atoms with van der Waals surface area (Å²) in [7, 11) is 0. The Hall–Kier alpha value is -2.48. The van der Waals surface area contributed by atoms with E-state index in [1.165, 1.54) is 0 Å². The van der Waals surface area contributed by atoms with Crippen LogP contribution in [0.5, 0.6) is 0 Å². The van der Waals surface area contributed by atoms with E-state index >= 15 is 0 Å². The van der Waals surface area contributed by atoms with E-state index in [2.05, 4.69) is 9.88 Å². The number of carbonyl (C=O) groups is 1. The number of carbonyl (C=O) groups excluding carboxylic acids is 1. The average Bonchev–Trinajstić information content (AvgIpc) is 2.81. The zero-order valence-corrected chi connectivity index (χ0v) is 17.1. The number of ether oxygens (including phenoxy) is 1. The van der Waals surface area contributed by atoms with Crippen LogP contribution >= 0.6 is 0 Å². The van der Waals surface area contributed by atoms with Crippen molar-refractivity contribution >= 4 is 11.7 Å². The molecular weight excluding hydrogens is 382 g/mol. The number of aromatic nitrogens is 1. The Bertz CT molecular complexity index is 839. The van der Waals surface area contributed by atoms with Crippen molar-refractivity contribution in [3.63, 3.8) is 0 Å². The molecule has 2 aliphatic heterocycles. The fourth-order valence-electron chi connectivity index (χ4n) is 4.38. The molecule has 0 saturated carbocycles. The number of nitrogens with zero attached hydrogens (tertiary/aromatic N) is 3. The van der Waals surface area contributed by atoms with E-state index < -0.39 is 11.5 Å².